The fraction of sp³-hybridized carbons (Fsp3) is 0.455. The number of anilines is 2. The summed E-state index contributed by atoms with van der Waals surface area (Å²) < 4.78 is 0. The van der Waals surface area contributed by atoms with Crippen LogP contribution in [-0.4, -0.2) is 57.7 Å². The highest BCUT2D eigenvalue weighted by atomic mass is 32.1. The van der Waals surface area contributed by atoms with E-state index in [1.807, 2.05) is 18.4 Å². The third kappa shape index (κ3) is 5.24. The molecule has 1 amide bonds. The fourth-order valence-electron chi connectivity index (χ4n) is 3.95. The number of piperazine rings is 1. The lowest BCUT2D eigenvalue weighted by atomic mass is 10.1. The molecule has 0 atom stereocenters. The molecule has 2 aromatic rings. The van der Waals surface area contributed by atoms with Crippen molar-refractivity contribution in [1.82, 2.24) is 16.0 Å². The first kappa shape index (κ1) is 20.5. The number of hydrogen-bond donors (Lipinski definition) is 3. The zero-order valence-corrected chi connectivity index (χ0v) is 18.3. The van der Waals surface area contributed by atoms with Gasteiger partial charge in [0.2, 0.25) is 5.91 Å². The van der Waals surface area contributed by atoms with E-state index >= 15 is 0 Å². The van der Waals surface area contributed by atoms with E-state index in [1.54, 1.807) is 0 Å². The summed E-state index contributed by atoms with van der Waals surface area (Å²) in [7, 11) is 1.82. The Labute approximate surface area is 182 Å². The van der Waals surface area contributed by atoms with Crippen LogP contribution in [-0.2, 0) is 11.3 Å². The minimum absolute atomic E-state index is 0.0862. The molecule has 0 bridgehead atoms. The smallest absolute Gasteiger partial charge is 0.239 e. The Morgan fingerprint density at radius 3 is 2.63 bits per heavy atom. The third-order valence-corrected chi connectivity index (χ3v) is 6.61. The zero-order valence-electron chi connectivity index (χ0n) is 17.4. The van der Waals surface area contributed by atoms with Crippen LogP contribution in [0.5, 0.6) is 0 Å². The number of guanidine groups is 1. The molecular weight excluding hydrogens is 396 g/mol. The van der Waals surface area contributed by atoms with E-state index in [1.165, 1.54) is 10.6 Å². The molecule has 30 heavy (non-hydrogen) atoms. The van der Waals surface area contributed by atoms with Gasteiger partial charge in [-0.1, -0.05) is 12.1 Å². The summed E-state index contributed by atoms with van der Waals surface area (Å²) in [6.45, 7) is 4.85. The number of thiophene rings is 1. The van der Waals surface area contributed by atoms with Crippen molar-refractivity contribution in [2.24, 2.45) is 4.99 Å². The summed E-state index contributed by atoms with van der Waals surface area (Å²) in [4.78, 5) is 20.6. The van der Waals surface area contributed by atoms with Gasteiger partial charge in [0.1, 0.15) is 0 Å². The van der Waals surface area contributed by atoms with E-state index in [-0.39, 0.29) is 5.91 Å². The molecule has 0 saturated carbocycles. The van der Waals surface area contributed by atoms with Gasteiger partial charge >= 0.3 is 0 Å². The van der Waals surface area contributed by atoms with Gasteiger partial charge in [0.25, 0.3) is 0 Å². The monoisotopic (exact) mass is 426 g/mol. The topological polar surface area (TPSA) is 72.0 Å². The zero-order chi connectivity index (χ0) is 20.8. The van der Waals surface area contributed by atoms with Gasteiger partial charge in [-0.2, -0.15) is 0 Å². The summed E-state index contributed by atoms with van der Waals surface area (Å²) >= 11 is 1.81. The van der Waals surface area contributed by atoms with Gasteiger partial charge in [0, 0.05) is 51.5 Å². The highest BCUT2D eigenvalue weighted by molar-refractivity contribution is 7.14. The number of piperidine rings is 1. The van der Waals surface area contributed by atoms with Crippen LogP contribution >= 0.6 is 11.3 Å². The van der Waals surface area contributed by atoms with Crippen molar-refractivity contribution in [3.63, 3.8) is 0 Å². The summed E-state index contributed by atoms with van der Waals surface area (Å²) in [6.07, 6.45) is 2.22. The molecule has 1 aromatic heterocycles. The molecule has 0 radical (unpaired) electrons. The number of nitrogens with zero attached hydrogens (tertiary/aromatic N) is 3. The maximum atomic E-state index is 11.6. The summed E-state index contributed by atoms with van der Waals surface area (Å²) in [5.41, 5.74) is 2.28. The highest BCUT2D eigenvalue weighted by Crippen LogP contribution is 2.24. The predicted molar refractivity (Wildman–Crippen MR) is 125 cm³/mol. The normalized spacial score (nSPS) is 18.3. The molecular formula is C22H30N6OS. The van der Waals surface area contributed by atoms with Crippen molar-refractivity contribution < 1.29 is 4.79 Å². The lowest BCUT2D eigenvalue weighted by Crippen LogP contribution is -2.48. The molecule has 8 heteroatoms. The molecule has 2 fully saturated rings. The number of rotatable bonds is 5. The number of carbonyl (C=O) groups excluding carboxylic acids is 1. The van der Waals surface area contributed by atoms with Crippen LogP contribution in [0.4, 0.5) is 10.7 Å². The molecule has 1 aromatic carbocycles. The Hall–Kier alpha value is -2.74. The Bertz CT molecular complexity index is 843. The molecule has 3 heterocycles. The Balaban J connectivity index is 1.23. The standard InChI is InChI=1S/C22H30N6OS/c1-23-22(26-18-8-11-27(12-9-18)21-3-2-14-30-21)25-15-17-4-6-19(7-5-17)28-13-10-24-20(29)16-28/h2-7,14,18H,8-13,15-16H2,1H3,(H,24,29)(H2,23,25,26). The first-order chi connectivity index (χ1) is 14.7. The van der Waals surface area contributed by atoms with E-state index < -0.39 is 0 Å². The lowest BCUT2D eigenvalue weighted by molar-refractivity contribution is -0.120. The van der Waals surface area contributed by atoms with Crippen LogP contribution < -0.4 is 25.8 Å². The predicted octanol–water partition coefficient (Wildman–Crippen LogP) is 2.02. The Morgan fingerprint density at radius 2 is 1.97 bits per heavy atom. The maximum Gasteiger partial charge on any atom is 0.239 e. The van der Waals surface area contributed by atoms with Gasteiger partial charge in [-0.3, -0.25) is 9.79 Å². The van der Waals surface area contributed by atoms with Gasteiger partial charge in [0.15, 0.2) is 5.96 Å². The van der Waals surface area contributed by atoms with Crippen molar-refractivity contribution in [2.45, 2.75) is 25.4 Å². The van der Waals surface area contributed by atoms with Crippen molar-refractivity contribution >= 4 is 33.9 Å². The second kappa shape index (κ2) is 9.84. The van der Waals surface area contributed by atoms with Crippen LogP contribution in [0.3, 0.4) is 0 Å². The quantitative estimate of drug-likeness (QED) is 0.504. The van der Waals surface area contributed by atoms with Crippen molar-refractivity contribution in [2.75, 3.05) is 49.6 Å². The summed E-state index contributed by atoms with van der Waals surface area (Å²) in [6, 6.07) is 13.2. The third-order valence-electron chi connectivity index (χ3n) is 5.68. The SMILES string of the molecule is CN=C(NCc1ccc(N2CCNC(=O)C2)cc1)NC1CCN(c2cccs2)CC1. The number of amides is 1. The number of nitrogens with one attached hydrogen (secondary N) is 3. The molecule has 160 valence electrons. The number of carbonyl (C=O) groups is 1. The highest BCUT2D eigenvalue weighted by Gasteiger charge is 2.21. The Morgan fingerprint density at radius 1 is 1.17 bits per heavy atom. The van der Waals surface area contributed by atoms with E-state index in [0.717, 1.165) is 44.1 Å². The minimum Gasteiger partial charge on any atom is -0.363 e. The first-order valence-corrected chi connectivity index (χ1v) is 11.5. The lowest BCUT2D eigenvalue weighted by Gasteiger charge is -2.33. The van der Waals surface area contributed by atoms with Crippen LogP contribution in [0.25, 0.3) is 0 Å². The van der Waals surface area contributed by atoms with E-state index in [9.17, 15) is 4.79 Å². The number of benzene rings is 1. The second-order valence-corrected chi connectivity index (χ2v) is 8.65. The van der Waals surface area contributed by atoms with Gasteiger partial charge in [-0.15, -0.1) is 11.3 Å². The van der Waals surface area contributed by atoms with Gasteiger partial charge in [-0.25, -0.2) is 0 Å². The number of aliphatic imine (C=N–C) groups is 1. The molecule has 0 unspecified atom stereocenters. The fourth-order valence-corrected chi connectivity index (χ4v) is 4.74. The molecule has 2 aliphatic heterocycles. The van der Waals surface area contributed by atoms with Crippen LogP contribution in [0, 0.1) is 0 Å². The molecule has 2 saturated heterocycles. The molecule has 3 N–H and O–H groups in total. The van der Waals surface area contributed by atoms with Crippen molar-refractivity contribution in [3.8, 4) is 0 Å². The van der Waals surface area contributed by atoms with Gasteiger partial charge < -0.3 is 25.8 Å². The van der Waals surface area contributed by atoms with Crippen molar-refractivity contribution in [3.05, 3.63) is 47.3 Å². The molecule has 0 spiro atoms. The maximum absolute atomic E-state index is 11.6. The van der Waals surface area contributed by atoms with E-state index in [0.29, 0.717) is 25.7 Å². The molecule has 0 aliphatic carbocycles. The van der Waals surface area contributed by atoms with Crippen LogP contribution in [0.2, 0.25) is 0 Å². The average Bonchev–Trinajstić information content (AvgIpc) is 3.32. The van der Waals surface area contributed by atoms with Crippen LogP contribution in [0.1, 0.15) is 18.4 Å². The van der Waals surface area contributed by atoms with Gasteiger partial charge in [0.05, 0.1) is 11.5 Å². The van der Waals surface area contributed by atoms with Crippen molar-refractivity contribution in [1.29, 1.82) is 0 Å². The molecule has 7 nitrogen and oxygen atoms in total. The largest absolute Gasteiger partial charge is 0.363 e. The van der Waals surface area contributed by atoms with Crippen LogP contribution in [0.15, 0.2) is 46.8 Å². The average molecular weight is 427 g/mol. The van der Waals surface area contributed by atoms with E-state index in [4.69, 9.17) is 0 Å². The second-order valence-electron chi connectivity index (χ2n) is 7.72. The van der Waals surface area contributed by atoms with E-state index in [2.05, 4.69) is 72.5 Å². The molecule has 2 aliphatic rings. The first-order valence-electron chi connectivity index (χ1n) is 10.6. The molecule has 4 rings (SSSR count). The Kier molecular flexibility index (Phi) is 6.74. The number of hydrogen-bond acceptors (Lipinski definition) is 5. The summed E-state index contributed by atoms with van der Waals surface area (Å²) in [5.74, 6) is 0.935. The minimum atomic E-state index is 0.0862. The van der Waals surface area contributed by atoms with Gasteiger partial charge in [-0.05, 0) is 48.1 Å². The summed E-state index contributed by atoms with van der Waals surface area (Å²) in [5, 5.41) is 13.4.